The van der Waals surface area contributed by atoms with Crippen molar-refractivity contribution in [1.29, 1.82) is 0 Å². The Bertz CT molecular complexity index is 1010. The Morgan fingerprint density at radius 2 is 1.97 bits per heavy atom. The summed E-state index contributed by atoms with van der Waals surface area (Å²) in [4.78, 5) is 24.0. The SMILES string of the molecule is C[C@H](CC/C=C/C(=O)NO)[C@@H](OC(=O)Nc1ccc2c(c1)OCO2)c1ccccc1OCCO. The number of carbonyl (C=O) groups excluding carboxylic acids is 2. The lowest BCUT2D eigenvalue weighted by Crippen LogP contribution is -2.22. The molecule has 0 saturated carbocycles. The van der Waals surface area contributed by atoms with Crippen LogP contribution in [0.25, 0.3) is 0 Å². The van der Waals surface area contributed by atoms with Crippen LogP contribution in [-0.2, 0) is 9.53 Å². The van der Waals surface area contributed by atoms with Crippen molar-refractivity contribution >= 4 is 17.7 Å². The minimum Gasteiger partial charge on any atom is -0.491 e. The molecule has 0 unspecified atom stereocenters. The van der Waals surface area contributed by atoms with Crippen LogP contribution in [0.4, 0.5) is 10.5 Å². The minimum atomic E-state index is -0.677. The maximum absolute atomic E-state index is 12.8. The van der Waals surface area contributed by atoms with E-state index in [9.17, 15) is 9.59 Å². The van der Waals surface area contributed by atoms with Crippen LogP contribution < -0.4 is 25.0 Å². The van der Waals surface area contributed by atoms with Gasteiger partial charge in [0.25, 0.3) is 5.91 Å². The molecule has 0 aliphatic carbocycles. The highest BCUT2D eigenvalue weighted by molar-refractivity contribution is 5.86. The van der Waals surface area contributed by atoms with E-state index < -0.39 is 18.1 Å². The molecule has 1 aliphatic rings. The molecule has 1 aliphatic heterocycles. The van der Waals surface area contributed by atoms with Crippen LogP contribution in [-0.4, -0.2) is 42.3 Å². The van der Waals surface area contributed by atoms with Crippen molar-refractivity contribution in [3.8, 4) is 17.2 Å². The number of carbonyl (C=O) groups is 2. The van der Waals surface area contributed by atoms with E-state index >= 15 is 0 Å². The van der Waals surface area contributed by atoms with E-state index in [-0.39, 0.29) is 25.9 Å². The molecule has 0 spiro atoms. The maximum Gasteiger partial charge on any atom is 0.412 e. The first-order valence-corrected chi connectivity index (χ1v) is 10.8. The summed E-state index contributed by atoms with van der Waals surface area (Å²) in [7, 11) is 0. The summed E-state index contributed by atoms with van der Waals surface area (Å²) in [5, 5.41) is 20.5. The lowest BCUT2D eigenvalue weighted by atomic mass is 9.92. The van der Waals surface area contributed by atoms with Crippen LogP contribution in [0.5, 0.6) is 17.2 Å². The topological polar surface area (TPSA) is 136 Å². The Morgan fingerprint density at radius 3 is 2.76 bits per heavy atom. The van der Waals surface area contributed by atoms with Gasteiger partial charge in [-0.2, -0.15) is 0 Å². The number of para-hydroxylation sites is 1. The Balaban J connectivity index is 1.75. The van der Waals surface area contributed by atoms with E-state index in [1.165, 1.54) is 11.6 Å². The van der Waals surface area contributed by atoms with Gasteiger partial charge in [0.15, 0.2) is 11.5 Å². The van der Waals surface area contributed by atoms with Gasteiger partial charge in [0.05, 0.1) is 6.61 Å². The first-order valence-electron chi connectivity index (χ1n) is 10.8. The van der Waals surface area contributed by atoms with Crippen LogP contribution in [0.1, 0.15) is 31.4 Å². The number of hydrogen-bond acceptors (Lipinski definition) is 8. The van der Waals surface area contributed by atoms with E-state index in [0.717, 1.165) is 0 Å². The van der Waals surface area contributed by atoms with E-state index in [1.54, 1.807) is 42.5 Å². The van der Waals surface area contributed by atoms with Crippen LogP contribution in [0, 0.1) is 5.92 Å². The maximum atomic E-state index is 12.8. The van der Waals surface area contributed by atoms with Crippen molar-refractivity contribution in [3.63, 3.8) is 0 Å². The highest BCUT2D eigenvalue weighted by Crippen LogP contribution is 2.37. The van der Waals surface area contributed by atoms with E-state index in [4.69, 9.17) is 29.3 Å². The number of rotatable bonds is 11. The number of aliphatic hydroxyl groups excluding tert-OH is 1. The molecule has 2 atom stereocenters. The van der Waals surface area contributed by atoms with Crippen molar-refractivity contribution in [2.24, 2.45) is 5.92 Å². The van der Waals surface area contributed by atoms with Crippen molar-refractivity contribution in [2.45, 2.75) is 25.9 Å². The third-order valence-electron chi connectivity index (χ3n) is 5.11. The number of ether oxygens (including phenoxy) is 4. The molecule has 4 N–H and O–H groups in total. The fourth-order valence-electron chi connectivity index (χ4n) is 3.46. The molecule has 2 aromatic rings. The zero-order valence-electron chi connectivity index (χ0n) is 18.7. The molecule has 0 fully saturated rings. The number of hydroxylamine groups is 1. The van der Waals surface area contributed by atoms with Gasteiger partial charge in [0.1, 0.15) is 18.5 Å². The predicted molar refractivity (Wildman–Crippen MR) is 122 cm³/mol. The van der Waals surface area contributed by atoms with Gasteiger partial charge >= 0.3 is 6.09 Å². The van der Waals surface area contributed by atoms with Crippen molar-refractivity contribution in [3.05, 3.63) is 60.2 Å². The van der Waals surface area contributed by atoms with Crippen molar-refractivity contribution < 1.29 is 38.9 Å². The summed E-state index contributed by atoms with van der Waals surface area (Å²) in [6.45, 7) is 1.99. The standard InChI is InChI=1S/C24H28N2O8/c1-16(6-2-5-9-22(28)26-30)23(18-7-3-4-8-19(18)31-13-12-27)34-24(29)25-17-10-11-20-21(14-17)33-15-32-20/h3-5,7-11,14,16,23,27,30H,2,6,12-13,15H2,1H3,(H,25,29)(H,26,28)/b9-5+/t16-,23-/m1/s1. The summed E-state index contributed by atoms with van der Waals surface area (Å²) < 4.78 is 22.1. The number of amides is 2. The van der Waals surface area contributed by atoms with Gasteiger partial charge < -0.3 is 24.1 Å². The van der Waals surface area contributed by atoms with Gasteiger partial charge in [-0.1, -0.05) is 31.2 Å². The zero-order valence-corrected chi connectivity index (χ0v) is 18.7. The summed E-state index contributed by atoms with van der Waals surface area (Å²) in [6, 6.07) is 12.2. The van der Waals surface area contributed by atoms with E-state index in [2.05, 4.69) is 5.32 Å². The molecule has 10 nitrogen and oxygen atoms in total. The number of benzene rings is 2. The van der Waals surface area contributed by atoms with Crippen molar-refractivity contribution in [1.82, 2.24) is 5.48 Å². The lowest BCUT2D eigenvalue weighted by Gasteiger charge is -2.26. The largest absolute Gasteiger partial charge is 0.491 e. The first-order chi connectivity index (χ1) is 16.5. The third-order valence-corrected chi connectivity index (χ3v) is 5.11. The number of fused-ring (bicyclic) bond motifs is 1. The number of allylic oxidation sites excluding steroid dienone is 1. The molecule has 1 heterocycles. The number of anilines is 1. The highest BCUT2D eigenvalue weighted by Gasteiger charge is 2.27. The van der Waals surface area contributed by atoms with Gasteiger partial charge in [-0.3, -0.25) is 15.3 Å². The van der Waals surface area contributed by atoms with Gasteiger partial charge in [0, 0.05) is 23.4 Å². The normalized spacial score (nSPS) is 13.9. The summed E-state index contributed by atoms with van der Waals surface area (Å²) >= 11 is 0. The molecule has 2 aromatic carbocycles. The second kappa shape index (κ2) is 12.5. The summed E-state index contributed by atoms with van der Waals surface area (Å²) in [6.07, 6.45) is 2.60. The molecule has 182 valence electrons. The molecule has 2 amide bonds. The fraction of sp³-hybridized carbons (Fsp3) is 0.333. The monoisotopic (exact) mass is 472 g/mol. The van der Waals surface area contributed by atoms with Crippen LogP contribution >= 0.6 is 0 Å². The molecule has 3 rings (SSSR count). The second-order valence-electron chi connectivity index (χ2n) is 7.56. The Kier molecular flexibility index (Phi) is 9.12. The Labute approximate surface area is 197 Å². The molecule has 10 heteroatoms. The summed E-state index contributed by atoms with van der Waals surface area (Å²) in [5.41, 5.74) is 2.68. The van der Waals surface area contributed by atoms with Crippen LogP contribution in [0.15, 0.2) is 54.6 Å². The predicted octanol–water partition coefficient (Wildman–Crippen LogP) is 3.55. The molecule has 0 aromatic heterocycles. The Morgan fingerprint density at radius 1 is 1.18 bits per heavy atom. The number of nitrogens with one attached hydrogen (secondary N) is 2. The second-order valence-corrected chi connectivity index (χ2v) is 7.56. The van der Waals surface area contributed by atoms with Crippen LogP contribution in [0.3, 0.4) is 0 Å². The lowest BCUT2D eigenvalue weighted by molar-refractivity contribution is -0.124. The average molecular weight is 472 g/mol. The van der Waals surface area contributed by atoms with Gasteiger partial charge in [0.2, 0.25) is 6.79 Å². The van der Waals surface area contributed by atoms with E-state index in [0.29, 0.717) is 41.3 Å². The van der Waals surface area contributed by atoms with Crippen molar-refractivity contribution in [2.75, 3.05) is 25.3 Å². The molecular formula is C24H28N2O8. The first kappa shape index (κ1) is 24.9. The Hall–Kier alpha value is -3.76. The smallest absolute Gasteiger partial charge is 0.412 e. The number of aliphatic hydroxyl groups is 1. The molecule has 0 bridgehead atoms. The summed E-state index contributed by atoms with van der Waals surface area (Å²) in [5.74, 6) is 0.849. The fourth-order valence-corrected chi connectivity index (χ4v) is 3.46. The quantitative estimate of drug-likeness (QED) is 0.221. The van der Waals surface area contributed by atoms with Gasteiger partial charge in [-0.15, -0.1) is 0 Å². The molecule has 0 radical (unpaired) electrons. The zero-order chi connectivity index (χ0) is 24.3. The molecule has 34 heavy (non-hydrogen) atoms. The highest BCUT2D eigenvalue weighted by atomic mass is 16.7. The van der Waals surface area contributed by atoms with Gasteiger partial charge in [-0.05, 0) is 37.0 Å². The average Bonchev–Trinajstić information content (AvgIpc) is 3.31. The van der Waals surface area contributed by atoms with Gasteiger partial charge in [-0.25, -0.2) is 10.3 Å². The third kappa shape index (κ3) is 6.87. The molecule has 0 saturated heterocycles. The van der Waals surface area contributed by atoms with Crippen LogP contribution in [0.2, 0.25) is 0 Å². The minimum absolute atomic E-state index is 0.0977. The number of hydrogen-bond donors (Lipinski definition) is 4. The molecular weight excluding hydrogens is 444 g/mol. The van der Waals surface area contributed by atoms with E-state index in [1.807, 2.05) is 13.0 Å².